The van der Waals surface area contributed by atoms with Crippen molar-refractivity contribution < 1.29 is 4.92 Å². The van der Waals surface area contributed by atoms with Crippen molar-refractivity contribution >= 4 is 11.4 Å². The minimum Gasteiger partial charge on any atom is -0.398 e. The van der Waals surface area contributed by atoms with Crippen LogP contribution in [0.4, 0.5) is 11.4 Å². The second-order valence-electron chi connectivity index (χ2n) is 2.86. The maximum Gasteiger partial charge on any atom is 0.271 e. The van der Waals surface area contributed by atoms with Crippen LogP contribution in [0.5, 0.6) is 0 Å². The molecule has 1 rings (SSSR count). The molecule has 1 atom stereocenters. The molecule has 0 amide bonds. The van der Waals surface area contributed by atoms with Gasteiger partial charge in [0.15, 0.2) is 0 Å². The number of rotatable bonds is 2. The molecule has 0 fully saturated rings. The van der Waals surface area contributed by atoms with Gasteiger partial charge in [0, 0.05) is 23.9 Å². The summed E-state index contributed by atoms with van der Waals surface area (Å²) in [6.07, 6.45) is 0. The van der Waals surface area contributed by atoms with Gasteiger partial charge in [0.25, 0.3) is 5.69 Å². The van der Waals surface area contributed by atoms with Crippen LogP contribution < -0.4 is 11.5 Å². The average molecular weight is 181 g/mol. The summed E-state index contributed by atoms with van der Waals surface area (Å²) in [5.74, 6) is 0. The third-order valence-electron chi connectivity index (χ3n) is 1.77. The molecule has 13 heavy (non-hydrogen) atoms. The number of benzene rings is 1. The average Bonchev–Trinajstić information content (AvgIpc) is 2.03. The van der Waals surface area contributed by atoms with Crippen molar-refractivity contribution in [3.8, 4) is 0 Å². The zero-order valence-electron chi connectivity index (χ0n) is 7.23. The fraction of sp³-hybridized carbons (Fsp3) is 0.250. The Morgan fingerprint density at radius 2 is 2.15 bits per heavy atom. The minimum atomic E-state index is -0.485. The second kappa shape index (κ2) is 3.40. The quantitative estimate of drug-likeness (QED) is 0.407. The number of hydrogen-bond acceptors (Lipinski definition) is 4. The van der Waals surface area contributed by atoms with Crippen LogP contribution in [0.1, 0.15) is 18.5 Å². The molecule has 0 spiro atoms. The highest BCUT2D eigenvalue weighted by molar-refractivity contribution is 5.54. The van der Waals surface area contributed by atoms with Gasteiger partial charge >= 0.3 is 0 Å². The smallest absolute Gasteiger partial charge is 0.271 e. The molecule has 0 saturated heterocycles. The first-order chi connectivity index (χ1) is 6.02. The van der Waals surface area contributed by atoms with E-state index in [0.29, 0.717) is 5.69 Å². The van der Waals surface area contributed by atoms with Gasteiger partial charge in [0.2, 0.25) is 0 Å². The number of nitrogens with two attached hydrogens (primary N) is 2. The van der Waals surface area contributed by atoms with E-state index in [0.717, 1.165) is 5.56 Å². The third-order valence-corrected chi connectivity index (χ3v) is 1.77. The maximum absolute atomic E-state index is 10.4. The molecule has 0 aliphatic rings. The predicted molar refractivity (Wildman–Crippen MR) is 50.1 cm³/mol. The summed E-state index contributed by atoms with van der Waals surface area (Å²) < 4.78 is 0. The van der Waals surface area contributed by atoms with Crippen LogP contribution in [0, 0.1) is 10.1 Å². The molecule has 70 valence electrons. The van der Waals surface area contributed by atoms with Crippen molar-refractivity contribution in [2.24, 2.45) is 5.73 Å². The normalized spacial score (nSPS) is 12.5. The van der Waals surface area contributed by atoms with Crippen molar-refractivity contribution in [3.05, 3.63) is 33.9 Å². The summed E-state index contributed by atoms with van der Waals surface area (Å²) in [4.78, 5) is 9.87. The Morgan fingerprint density at radius 1 is 1.54 bits per heavy atom. The van der Waals surface area contributed by atoms with E-state index in [4.69, 9.17) is 11.5 Å². The van der Waals surface area contributed by atoms with E-state index in [1.807, 2.05) is 0 Å². The van der Waals surface area contributed by atoms with Crippen molar-refractivity contribution in [1.29, 1.82) is 0 Å². The molecule has 1 aromatic rings. The van der Waals surface area contributed by atoms with E-state index < -0.39 is 4.92 Å². The summed E-state index contributed by atoms with van der Waals surface area (Å²) in [5, 5.41) is 10.4. The van der Waals surface area contributed by atoms with E-state index in [9.17, 15) is 10.1 Å². The summed E-state index contributed by atoms with van der Waals surface area (Å²) in [6.45, 7) is 1.78. The standard InChI is InChI=1S/C8H11N3O2/c1-5(9)7-3-2-6(11(12)13)4-8(7)10/h2-5H,9-10H2,1H3. The lowest BCUT2D eigenvalue weighted by molar-refractivity contribution is -0.384. The molecule has 0 radical (unpaired) electrons. The first-order valence-electron chi connectivity index (χ1n) is 3.81. The number of anilines is 1. The third kappa shape index (κ3) is 1.94. The van der Waals surface area contributed by atoms with Crippen LogP contribution in [-0.4, -0.2) is 4.92 Å². The highest BCUT2D eigenvalue weighted by Crippen LogP contribution is 2.23. The lowest BCUT2D eigenvalue weighted by atomic mass is 10.1. The fourth-order valence-electron chi connectivity index (χ4n) is 1.09. The SMILES string of the molecule is CC(N)c1ccc([N+](=O)[O-])cc1N. The van der Waals surface area contributed by atoms with Gasteiger partial charge < -0.3 is 11.5 Å². The van der Waals surface area contributed by atoms with Crippen molar-refractivity contribution in [3.63, 3.8) is 0 Å². The Morgan fingerprint density at radius 3 is 2.54 bits per heavy atom. The molecule has 0 aliphatic heterocycles. The van der Waals surface area contributed by atoms with E-state index in [1.165, 1.54) is 12.1 Å². The molecular weight excluding hydrogens is 170 g/mol. The predicted octanol–water partition coefficient (Wildman–Crippen LogP) is 1.20. The first kappa shape index (κ1) is 9.47. The number of nitrogens with zero attached hydrogens (tertiary/aromatic N) is 1. The number of nitro benzene ring substituents is 1. The largest absolute Gasteiger partial charge is 0.398 e. The zero-order chi connectivity index (χ0) is 10.0. The highest BCUT2D eigenvalue weighted by atomic mass is 16.6. The molecule has 5 heteroatoms. The second-order valence-corrected chi connectivity index (χ2v) is 2.86. The van der Waals surface area contributed by atoms with Gasteiger partial charge in [-0.25, -0.2) is 0 Å². The highest BCUT2D eigenvalue weighted by Gasteiger charge is 2.10. The van der Waals surface area contributed by atoms with E-state index in [-0.39, 0.29) is 11.7 Å². The minimum absolute atomic E-state index is 0.0121. The van der Waals surface area contributed by atoms with Gasteiger partial charge in [0.05, 0.1) is 4.92 Å². The van der Waals surface area contributed by atoms with Gasteiger partial charge in [-0.05, 0) is 18.6 Å². The first-order valence-corrected chi connectivity index (χ1v) is 3.81. The molecule has 1 unspecified atom stereocenters. The Balaban J connectivity index is 3.13. The van der Waals surface area contributed by atoms with Crippen LogP contribution in [0.15, 0.2) is 18.2 Å². The van der Waals surface area contributed by atoms with Crippen LogP contribution in [0.25, 0.3) is 0 Å². The van der Waals surface area contributed by atoms with E-state index in [2.05, 4.69) is 0 Å². The lowest BCUT2D eigenvalue weighted by Crippen LogP contribution is -2.08. The number of nitrogen functional groups attached to an aromatic ring is 1. The number of hydrogen-bond donors (Lipinski definition) is 2. The fourth-order valence-corrected chi connectivity index (χ4v) is 1.09. The summed E-state index contributed by atoms with van der Waals surface area (Å²) in [5.41, 5.74) is 12.2. The van der Waals surface area contributed by atoms with Gasteiger partial charge in [-0.1, -0.05) is 0 Å². The Bertz CT molecular complexity index is 336. The zero-order valence-corrected chi connectivity index (χ0v) is 7.23. The van der Waals surface area contributed by atoms with Gasteiger partial charge in [-0.3, -0.25) is 10.1 Å². The van der Waals surface area contributed by atoms with Crippen LogP contribution in [0.2, 0.25) is 0 Å². The van der Waals surface area contributed by atoms with E-state index in [1.54, 1.807) is 13.0 Å². The molecule has 5 nitrogen and oxygen atoms in total. The molecule has 4 N–H and O–H groups in total. The lowest BCUT2D eigenvalue weighted by Gasteiger charge is -2.07. The van der Waals surface area contributed by atoms with Gasteiger partial charge in [-0.2, -0.15) is 0 Å². The topological polar surface area (TPSA) is 95.2 Å². The molecule has 0 aliphatic carbocycles. The molecular formula is C8H11N3O2. The van der Waals surface area contributed by atoms with Crippen LogP contribution >= 0.6 is 0 Å². The maximum atomic E-state index is 10.4. The van der Waals surface area contributed by atoms with Crippen LogP contribution in [-0.2, 0) is 0 Å². The summed E-state index contributed by atoms with van der Waals surface area (Å²) in [6, 6.07) is 4.09. The number of non-ortho nitro benzene ring substituents is 1. The Hall–Kier alpha value is -1.62. The van der Waals surface area contributed by atoms with Crippen molar-refractivity contribution in [2.45, 2.75) is 13.0 Å². The summed E-state index contributed by atoms with van der Waals surface area (Å²) in [7, 11) is 0. The van der Waals surface area contributed by atoms with Gasteiger partial charge in [0.1, 0.15) is 0 Å². The molecule has 1 aromatic carbocycles. The number of nitro groups is 1. The van der Waals surface area contributed by atoms with Crippen molar-refractivity contribution in [2.75, 3.05) is 5.73 Å². The Kier molecular flexibility index (Phi) is 2.48. The van der Waals surface area contributed by atoms with Crippen LogP contribution in [0.3, 0.4) is 0 Å². The Labute approximate surface area is 75.5 Å². The monoisotopic (exact) mass is 181 g/mol. The molecule has 0 bridgehead atoms. The van der Waals surface area contributed by atoms with E-state index >= 15 is 0 Å². The van der Waals surface area contributed by atoms with Crippen molar-refractivity contribution in [1.82, 2.24) is 0 Å². The molecule has 0 saturated carbocycles. The van der Waals surface area contributed by atoms with Gasteiger partial charge in [-0.15, -0.1) is 0 Å². The molecule has 0 aromatic heterocycles. The molecule has 0 heterocycles. The summed E-state index contributed by atoms with van der Waals surface area (Å²) >= 11 is 0.